The van der Waals surface area contributed by atoms with Crippen LogP contribution in [0, 0.1) is 5.41 Å². The molecule has 1 amide bonds. The van der Waals surface area contributed by atoms with E-state index in [1.165, 1.54) is 12.8 Å². The molecule has 0 unspecified atom stereocenters. The Morgan fingerprint density at radius 1 is 1.41 bits per heavy atom. The molecular weight excluding hydrogens is 216 g/mol. The van der Waals surface area contributed by atoms with Gasteiger partial charge in [-0.1, -0.05) is 13.3 Å². The molecule has 1 aliphatic carbocycles. The van der Waals surface area contributed by atoms with Crippen LogP contribution in [0.25, 0.3) is 0 Å². The minimum Gasteiger partial charge on any atom is -0.450 e. The predicted octanol–water partition coefficient (Wildman–Crippen LogP) is 2.04. The molecule has 1 spiro atoms. The second-order valence-electron chi connectivity index (χ2n) is 5.49. The zero-order valence-corrected chi connectivity index (χ0v) is 10.8. The number of unbranched alkanes of at least 4 members (excludes halogenated alkanes) is 1. The molecule has 2 fully saturated rings. The van der Waals surface area contributed by atoms with Crippen LogP contribution in [0.2, 0.25) is 0 Å². The first-order valence-electron chi connectivity index (χ1n) is 6.88. The molecule has 1 saturated heterocycles. The summed E-state index contributed by atoms with van der Waals surface area (Å²) in [5.74, 6) is 0. The van der Waals surface area contributed by atoms with Crippen LogP contribution in [0.15, 0.2) is 0 Å². The van der Waals surface area contributed by atoms with Crippen LogP contribution in [0.5, 0.6) is 0 Å². The number of amides is 1. The van der Waals surface area contributed by atoms with Gasteiger partial charge in [-0.2, -0.15) is 0 Å². The highest BCUT2D eigenvalue weighted by Crippen LogP contribution is 2.47. The average Bonchev–Trinajstić information content (AvgIpc) is 2.29. The van der Waals surface area contributed by atoms with Crippen molar-refractivity contribution in [2.45, 2.75) is 51.5 Å². The first-order valence-corrected chi connectivity index (χ1v) is 6.88. The number of ether oxygens (including phenoxy) is 1. The zero-order chi connectivity index (χ0) is 12.1. The first-order chi connectivity index (χ1) is 8.24. The van der Waals surface area contributed by atoms with Gasteiger partial charge in [0, 0.05) is 6.04 Å². The van der Waals surface area contributed by atoms with Gasteiger partial charge >= 0.3 is 6.09 Å². The molecule has 98 valence electrons. The molecule has 0 radical (unpaired) electrons. The summed E-state index contributed by atoms with van der Waals surface area (Å²) in [5, 5.41) is 6.35. The van der Waals surface area contributed by atoms with Crippen molar-refractivity contribution in [2.75, 3.05) is 19.7 Å². The second kappa shape index (κ2) is 5.71. The molecule has 0 atom stereocenters. The maximum Gasteiger partial charge on any atom is 0.407 e. The lowest BCUT2D eigenvalue weighted by Gasteiger charge is -2.50. The van der Waals surface area contributed by atoms with E-state index in [0.717, 1.165) is 38.8 Å². The van der Waals surface area contributed by atoms with E-state index < -0.39 is 0 Å². The largest absolute Gasteiger partial charge is 0.450 e. The Morgan fingerprint density at radius 3 is 2.76 bits per heavy atom. The summed E-state index contributed by atoms with van der Waals surface area (Å²) in [6, 6.07) is 0.349. The SMILES string of the molecule is CCCCOC(=O)NC1CC2(CCNCC2)C1. The van der Waals surface area contributed by atoms with Gasteiger partial charge in [-0.25, -0.2) is 4.79 Å². The summed E-state index contributed by atoms with van der Waals surface area (Å²) < 4.78 is 5.10. The van der Waals surface area contributed by atoms with Gasteiger partial charge in [0.2, 0.25) is 0 Å². The van der Waals surface area contributed by atoms with Gasteiger partial charge in [-0.3, -0.25) is 0 Å². The van der Waals surface area contributed by atoms with Crippen LogP contribution in [-0.2, 0) is 4.74 Å². The topological polar surface area (TPSA) is 50.4 Å². The van der Waals surface area contributed by atoms with E-state index in [2.05, 4.69) is 17.6 Å². The van der Waals surface area contributed by atoms with Crippen LogP contribution in [0.4, 0.5) is 4.79 Å². The predicted molar refractivity (Wildman–Crippen MR) is 67.0 cm³/mol. The van der Waals surface area contributed by atoms with E-state index in [1.807, 2.05) is 0 Å². The monoisotopic (exact) mass is 240 g/mol. The highest BCUT2D eigenvalue weighted by atomic mass is 16.5. The van der Waals surface area contributed by atoms with Crippen LogP contribution in [-0.4, -0.2) is 31.8 Å². The number of hydrogen-bond acceptors (Lipinski definition) is 3. The van der Waals surface area contributed by atoms with Crippen molar-refractivity contribution in [2.24, 2.45) is 5.41 Å². The van der Waals surface area contributed by atoms with Crippen molar-refractivity contribution in [1.29, 1.82) is 0 Å². The van der Waals surface area contributed by atoms with Gasteiger partial charge < -0.3 is 15.4 Å². The molecule has 0 aromatic carbocycles. The third-order valence-corrected chi connectivity index (χ3v) is 4.08. The van der Waals surface area contributed by atoms with E-state index in [9.17, 15) is 4.79 Å². The fourth-order valence-electron chi connectivity index (χ4n) is 2.97. The van der Waals surface area contributed by atoms with E-state index in [0.29, 0.717) is 18.1 Å². The van der Waals surface area contributed by atoms with Crippen molar-refractivity contribution in [3.8, 4) is 0 Å². The van der Waals surface area contributed by atoms with Crippen LogP contribution in [0.3, 0.4) is 0 Å². The maximum atomic E-state index is 11.4. The molecule has 1 heterocycles. The average molecular weight is 240 g/mol. The fourth-order valence-corrected chi connectivity index (χ4v) is 2.97. The number of rotatable bonds is 4. The Balaban J connectivity index is 1.61. The summed E-state index contributed by atoms with van der Waals surface area (Å²) in [6.07, 6.45) is 6.58. The first kappa shape index (κ1) is 12.7. The zero-order valence-electron chi connectivity index (χ0n) is 10.8. The van der Waals surface area contributed by atoms with Crippen molar-refractivity contribution in [1.82, 2.24) is 10.6 Å². The van der Waals surface area contributed by atoms with Gasteiger partial charge in [0.1, 0.15) is 0 Å². The number of hydrogen-bond donors (Lipinski definition) is 2. The van der Waals surface area contributed by atoms with Crippen LogP contribution in [0.1, 0.15) is 45.4 Å². The number of carbonyl (C=O) groups is 1. The van der Waals surface area contributed by atoms with E-state index in [1.54, 1.807) is 0 Å². The summed E-state index contributed by atoms with van der Waals surface area (Å²) in [6.45, 7) is 4.90. The molecule has 2 aliphatic rings. The van der Waals surface area contributed by atoms with Crippen molar-refractivity contribution in [3.63, 3.8) is 0 Å². The number of carbonyl (C=O) groups excluding carboxylic acids is 1. The molecule has 0 aromatic rings. The molecule has 1 aliphatic heterocycles. The van der Waals surface area contributed by atoms with Crippen molar-refractivity contribution < 1.29 is 9.53 Å². The van der Waals surface area contributed by atoms with Gasteiger partial charge in [-0.15, -0.1) is 0 Å². The van der Waals surface area contributed by atoms with Gasteiger partial charge in [0.05, 0.1) is 6.61 Å². The lowest BCUT2D eigenvalue weighted by atomic mass is 9.61. The summed E-state index contributed by atoms with van der Waals surface area (Å²) in [5.41, 5.74) is 0.520. The molecule has 2 rings (SSSR count). The van der Waals surface area contributed by atoms with E-state index in [-0.39, 0.29) is 6.09 Å². The molecule has 0 aromatic heterocycles. The Bertz CT molecular complexity index is 254. The molecule has 4 heteroatoms. The number of alkyl carbamates (subject to hydrolysis) is 1. The lowest BCUT2D eigenvalue weighted by molar-refractivity contribution is 0.0421. The van der Waals surface area contributed by atoms with Crippen LogP contribution < -0.4 is 10.6 Å². The Kier molecular flexibility index (Phi) is 4.26. The Hall–Kier alpha value is -0.770. The highest BCUT2D eigenvalue weighted by molar-refractivity contribution is 5.67. The molecule has 17 heavy (non-hydrogen) atoms. The summed E-state index contributed by atoms with van der Waals surface area (Å²) in [7, 11) is 0. The van der Waals surface area contributed by atoms with Gasteiger partial charge in [0.25, 0.3) is 0 Å². The van der Waals surface area contributed by atoms with Crippen LogP contribution >= 0.6 is 0 Å². The molecule has 0 bridgehead atoms. The van der Waals surface area contributed by atoms with Crippen molar-refractivity contribution >= 4 is 6.09 Å². The second-order valence-corrected chi connectivity index (χ2v) is 5.49. The van der Waals surface area contributed by atoms with Crippen molar-refractivity contribution in [3.05, 3.63) is 0 Å². The Labute approximate surface area is 103 Å². The minimum atomic E-state index is -0.229. The standard InChI is InChI=1S/C13H24N2O2/c1-2-3-8-17-12(16)15-11-9-13(10-11)4-6-14-7-5-13/h11,14H,2-10H2,1H3,(H,15,16). The number of nitrogens with one attached hydrogen (secondary N) is 2. The molecular formula is C13H24N2O2. The lowest BCUT2D eigenvalue weighted by Crippen LogP contribution is -2.54. The Morgan fingerprint density at radius 2 is 2.12 bits per heavy atom. The van der Waals surface area contributed by atoms with Gasteiger partial charge in [0.15, 0.2) is 0 Å². The fraction of sp³-hybridized carbons (Fsp3) is 0.923. The van der Waals surface area contributed by atoms with E-state index in [4.69, 9.17) is 4.74 Å². The normalized spacial score (nSPS) is 23.1. The third-order valence-electron chi connectivity index (χ3n) is 4.08. The van der Waals surface area contributed by atoms with E-state index >= 15 is 0 Å². The van der Waals surface area contributed by atoms with Gasteiger partial charge in [-0.05, 0) is 50.6 Å². The summed E-state index contributed by atoms with van der Waals surface area (Å²) in [4.78, 5) is 11.4. The highest BCUT2D eigenvalue weighted by Gasteiger charge is 2.45. The minimum absolute atomic E-state index is 0.229. The smallest absolute Gasteiger partial charge is 0.407 e. The molecule has 1 saturated carbocycles. The quantitative estimate of drug-likeness (QED) is 0.739. The third kappa shape index (κ3) is 3.35. The summed E-state index contributed by atoms with van der Waals surface area (Å²) >= 11 is 0. The molecule has 2 N–H and O–H groups in total. The number of piperidine rings is 1. The molecule has 4 nitrogen and oxygen atoms in total. The maximum absolute atomic E-state index is 11.4.